The second-order valence-electron chi connectivity index (χ2n) is 4.17. The lowest BCUT2D eigenvalue weighted by atomic mass is 10.1. The Bertz CT molecular complexity index is 552. The Balaban J connectivity index is 2.86. The van der Waals surface area contributed by atoms with Gasteiger partial charge in [-0.3, -0.25) is 0 Å². The highest BCUT2D eigenvalue weighted by molar-refractivity contribution is 7.89. The minimum atomic E-state index is -3.97. The number of rotatable bonds is 6. The van der Waals surface area contributed by atoms with Crippen molar-refractivity contribution in [3.8, 4) is 0 Å². The highest BCUT2D eigenvalue weighted by atomic mass is 32.2. The Morgan fingerprint density at radius 2 is 2.11 bits per heavy atom. The molecule has 0 aliphatic heterocycles. The van der Waals surface area contributed by atoms with Crippen LogP contribution in [0.5, 0.6) is 0 Å². The molecule has 1 unspecified atom stereocenters. The van der Waals surface area contributed by atoms with Gasteiger partial charge in [-0.1, -0.05) is 0 Å². The van der Waals surface area contributed by atoms with Gasteiger partial charge < -0.3 is 15.3 Å². The monoisotopic (exact) mass is 290 g/mol. The van der Waals surface area contributed by atoms with Crippen LogP contribution in [0.25, 0.3) is 0 Å². The van der Waals surface area contributed by atoms with Crippen molar-refractivity contribution in [3.63, 3.8) is 0 Å². The number of hydrogen-bond donors (Lipinski definition) is 4. The number of carbonyl (C=O) groups is 1. The Kier molecular flexibility index (Phi) is 4.58. The molecule has 0 saturated heterocycles. The Hall–Kier alpha value is -1.55. The zero-order chi connectivity index (χ0) is 14.7. The van der Waals surface area contributed by atoms with E-state index in [-0.39, 0.29) is 10.6 Å². The molecule has 0 amide bonds. The lowest BCUT2D eigenvalue weighted by Gasteiger charge is -2.20. The summed E-state index contributed by atoms with van der Waals surface area (Å²) in [6.45, 7) is 0.256. The van der Waals surface area contributed by atoms with Crippen LogP contribution in [-0.2, 0) is 10.0 Å². The number of carboxylic acid groups (broad SMARTS) is 1. The van der Waals surface area contributed by atoms with E-state index < -0.39 is 34.7 Å². The van der Waals surface area contributed by atoms with Crippen LogP contribution >= 0.6 is 0 Å². The Labute approximate surface area is 109 Å². The van der Waals surface area contributed by atoms with Gasteiger partial charge in [-0.15, -0.1) is 0 Å². The molecule has 106 valence electrons. The normalized spacial score (nSPS) is 14.9. The number of hydrogen-bond acceptors (Lipinski definition) is 6. The zero-order valence-electron chi connectivity index (χ0n) is 10.1. The van der Waals surface area contributed by atoms with Gasteiger partial charge in [0.15, 0.2) is 5.03 Å². The number of nitrogens with zero attached hydrogens (tertiary/aromatic N) is 1. The van der Waals surface area contributed by atoms with Crippen LogP contribution in [0.2, 0.25) is 0 Å². The van der Waals surface area contributed by atoms with Crippen LogP contribution in [0.1, 0.15) is 17.3 Å². The summed E-state index contributed by atoms with van der Waals surface area (Å²) in [5.74, 6) is -1.22. The third-order valence-corrected chi connectivity index (χ3v) is 3.56. The standard InChI is InChI=1S/C10H14N2O6S/c1-10(16,6-13)5-12-19(17,18)8-3-2-7(4-11-8)9(14)15/h2-4,12-13,16H,5-6H2,1H3,(H,14,15). The third kappa shape index (κ3) is 4.24. The van der Waals surface area contributed by atoms with Crippen molar-refractivity contribution in [2.75, 3.05) is 13.2 Å². The smallest absolute Gasteiger partial charge is 0.337 e. The molecule has 0 aliphatic carbocycles. The zero-order valence-corrected chi connectivity index (χ0v) is 10.9. The van der Waals surface area contributed by atoms with Crippen molar-refractivity contribution in [1.29, 1.82) is 0 Å². The first-order chi connectivity index (χ1) is 8.68. The molecule has 1 aromatic rings. The summed E-state index contributed by atoms with van der Waals surface area (Å²) in [4.78, 5) is 14.1. The number of aromatic nitrogens is 1. The molecule has 1 aromatic heterocycles. The Morgan fingerprint density at radius 1 is 1.47 bits per heavy atom. The van der Waals surface area contributed by atoms with Crippen LogP contribution < -0.4 is 4.72 Å². The molecule has 0 aromatic carbocycles. The molecule has 4 N–H and O–H groups in total. The average Bonchev–Trinajstić information content (AvgIpc) is 2.37. The number of sulfonamides is 1. The number of aromatic carboxylic acids is 1. The lowest BCUT2D eigenvalue weighted by Crippen LogP contribution is -2.43. The SMILES string of the molecule is CC(O)(CO)CNS(=O)(=O)c1ccc(C(=O)O)cn1. The van der Waals surface area contributed by atoms with E-state index in [9.17, 15) is 18.3 Å². The first-order valence-corrected chi connectivity index (χ1v) is 6.68. The van der Waals surface area contributed by atoms with Gasteiger partial charge in [0, 0.05) is 12.7 Å². The van der Waals surface area contributed by atoms with Crippen molar-refractivity contribution in [3.05, 3.63) is 23.9 Å². The highest BCUT2D eigenvalue weighted by Gasteiger charge is 2.24. The quantitative estimate of drug-likeness (QED) is 0.516. The number of aliphatic hydroxyl groups excluding tert-OH is 1. The largest absolute Gasteiger partial charge is 0.478 e. The Morgan fingerprint density at radius 3 is 2.53 bits per heavy atom. The fourth-order valence-corrected chi connectivity index (χ4v) is 2.13. The summed E-state index contributed by atoms with van der Waals surface area (Å²) in [6, 6.07) is 2.15. The van der Waals surface area contributed by atoms with Gasteiger partial charge >= 0.3 is 5.97 Å². The fraction of sp³-hybridized carbons (Fsp3) is 0.400. The van der Waals surface area contributed by atoms with E-state index in [2.05, 4.69) is 9.71 Å². The van der Waals surface area contributed by atoms with Gasteiger partial charge in [0.25, 0.3) is 10.0 Å². The molecule has 0 spiro atoms. The summed E-state index contributed by atoms with van der Waals surface area (Å²) in [7, 11) is -3.97. The minimum absolute atomic E-state index is 0.138. The average molecular weight is 290 g/mol. The molecule has 9 heteroatoms. The van der Waals surface area contributed by atoms with Crippen LogP contribution in [0, 0.1) is 0 Å². The highest BCUT2D eigenvalue weighted by Crippen LogP contribution is 2.08. The minimum Gasteiger partial charge on any atom is -0.478 e. The molecule has 0 bridgehead atoms. The summed E-state index contributed by atoms with van der Waals surface area (Å²) < 4.78 is 25.6. The van der Waals surface area contributed by atoms with E-state index >= 15 is 0 Å². The molecule has 1 rings (SSSR count). The van der Waals surface area contributed by atoms with E-state index in [1.165, 1.54) is 6.92 Å². The predicted octanol–water partition coefficient (Wildman–Crippen LogP) is -1.20. The lowest BCUT2D eigenvalue weighted by molar-refractivity contribution is 0.00680. The summed E-state index contributed by atoms with van der Waals surface area (Å²) in [6.07, 6.45) is 0.918. The van der Waals surface area contributed by atoms with E-state index in [1.54, 1.807) is 0 Å². The van der Waals surface area contributed by atoms with E-state index in [0.717, 1.165) is 18.3 Å². The van der Waals surface area contributed by atoms with Gasteiger partial charge in [0.05, 0.1) is 17.8 Å². The summed E-state index contributed by atoms with van der Waals surface area (Å²) in [5.41, 5.74) is -1.73. The second-order valence-corrected chi connectivity index (χ2v) is 5.88. The maximum absolute atomic E-state index is 11.8. The maximum atomic E-state index is 11.8. The van der Waals surface area contributed by atoms with Crippen molar-refractivity contribution in [2.24, 2.45) is 0 Å². The van der Waals surface area contributed by atoms with E-state index in [1.807, 2.05) is 0 Å². The molecular weight excluding hydrogens is 276 g/mol. The molecule has 0 radical (unpaired) electrons. The molecule has 0 fully saturated rings. The second kappa shape index (κ2) is 5.61. The van der Waals surface area contributed by atoms with Gasteiger partial charge in [0.2, 0.25) is 0 Å². The van der Waals surface area contributed by atoms with Crippen molar-refractivity contribution >= 4 is 16.0 Å². The maximum Gasteiger partial charge on any atom is 0.337 e. The topological polar surface area (TPSA) is 137 Å². The third-order valence-electron chi connectivity index (χ3n) is 2.24. The molecule has 19 heavy (non-hydrogen) atoms. The molecule has 1 atom stereocenters. The van der Waals surface area contributed by atoms with Crippen molar-refractivity contribution in [2.45, 2.75) is 17.6 Å². The first kappa shape index (κ1) is 15.5. The summed E-state index contributed by atoms with van der Waals surface area (Å²) in [5, 5.41) is 26.6. The van der Waals surface area contributed by atoms with Crippen LogP contribution in [-0.4, -0.2) is 53.4 Å². The van der Waals surface area contributed by atoms with Gasteiger partial charge in [0.1, 0.15) is 0 Å². The van der Waals surface area contributed by atoms with Crippen LogP contribution in [0.15, 0.2) is 23.4 Å². The number of pyridine rings is 1. The van der Waals surface area contributed by atoms with Crippen molar-refractivity contribution in [1.82, 2.24) is 9.71 Å². The first-order valence-electron chi connectivity index (χ1n) is 5.20. The number of carboxylic acids is 1. The van der Waals surface area contributed by atoms with Gasteiger partial charge in [-0.25, -0.2) is 22.9 Å². The summed E-state index contributed by atoms with van der Waals surface area (Å²) >= 11 is 0. The number of aliphatic hydroxyl groups is 2. The van der Waals surface area contributed by atoms with Gasteiger partial charge in [-0.2, -0.15) is 0 Å². The predicted molar refractivity (Wildman–Crippen MR) is 64.1 cm³/mol. The van der Waals surface area contributed by atoms with Crippen LogP contribution in [0.3, 0.4) is 0 Å². The molecule has 0 saturated carbocycles. The van der Waals surface area contributed by atoms with E-state index in [4.69, 9.17) is 10.2 Å². The molecular formula is C10H14N2O6S. The molecule has 8 nitrogen and oxygen atoms in total. The number of nitrogens with one attached hydrogen (secondary N) is 1. The molecule has 0 aliphatic rings. The van der Waals surface area contributed by atoms with Crippen LogP contribution in [0.4, 0.5) is 0 Å². The van der Waals surface area contributed by atoms with Gasteiger partial charge in [-0.05, 0) is 19.1 Å². The van der Waals surface area contributed by atoms with Crippen molar-refractivity contribution < 1.29 is 28.5 Å². The fourth-order valence-electron chi connectivity index (χ4n) is 1.05. The molecule has 1 heterocycles. The van der Waals surface area contributed by atoms with E-state index in [0.29, 0.717) is 0 Å².